The van der Waals surface area contributed by atoms with Crippen LogP contribution >= 0.6 is 0 Å². The van der Waals surface area contributed by atoms with E-state index in [2.05, 4.69) is 0 Å². The van der Waals surface area contributed by atoms with Crippen molar-refractivity contribution in [2.75, 3.05) is 0 Å². The van der Waals surface area contributed by atoms with Gasteiger partial charge in [-0.15, -0.1) is 0 Å². The second kappa shape index (κ2) is 5.91. The molecule has 0 aliphatic heterocycles. The van der Waals surface area contributed by atoms with Crippen LogP contribution in [0.4, 0.5) is 11.4 Å². The summed E-state index contributed by atoms with van der Waals surface area (Å²) in [6, 6.07) is 2.40. The first-order valence-corrected chi connectivity index (χ1v) is 7.05. The van der Waals surface area contributed by atoms with Crippen molar-refractivity contribution in [1.82, 2.24) is 0 Å². The van der Waals surface area contributed by atoms with Crippen LogP contribution < -0.4 is 0 Å². The maximum Gasteiger partial charge on any atom is 0.277 e. The molecule has 0 bridgehead atoms. The molecule has 0 amide bonds. The minimum atomic E-state index is -1.56. The number of Topliss-reactive ketones (excluding diaryl/α,β-unsaturated/α-hetero) is 3. The average Bonchev–Trinajstić information content (AvgIpc) is 2.44. The largest absolute Gasteiger partial charge is 0.298 e. The van der Waals surface area contributed by atoms with Crippen molar-refractivity contribution in [1.29, 1.82) is 0 Å². The molecule has 0 N–H and O–H groups in total. The Hall–Kier alpha value is -2.97. The number of nitrogens with zero attached hydrogens (tertiary/aromatic N) is 2. The number of rotatable bonds is 4. The summed E-state index contributed by atoms with van der Waals surface area (Å²) in [6.07, 6.45) is 0.0400. The van der Waals surface area contributed by atoms with Gasteiger partial charge in [-0.25, -0.2) is 0 Å². The van der Waals surface area contributed by atoms with E-state index in [0.717, 1.165) is 12.1 Å². The number of ketones is 3. The Labute approximate surface area is 136 Å². The van der Waals surface area contributed by atoms with Gasteiger partial charge in [-0.3, -0.25) is 34.6 Å². The highest BCUT2D eigenvalue weighted by molar-refractivity contribution is 6.25. The summed E-state index contributed by atoms with van der Waals surface area (Å²) in [4.78, 5) is 56.8. The topological polar surface area (TPSA) is 137 Å². The molecule has 2 rings (SSSR count). The molecule has 1 aromatic rings. The van der Waals surface area contributed by atoms with Gasteiger partial charge in [0.15, 0.2) is 17.3 Å². The van der Waals surface area contributed by atoms with Crippen LogP contribution in [0.1, 0.15) is 37.0 Å². The van der Waals surface area contributed by atoms with Gasteiger partial charge in [0.1, 0.15) is 5.92 Å². The van der Waals surface area contributed by atoms with E-state index in [-0.39, 0.29) is 18.4 Å². The summed E-state index contributed by atoms with van der Waals surface area (Å²) < 4.78 is 0. The Morgan fingerprint density at radius 3 is 1.79 bits per heavy atom. The third-order valence-electron chi connectivity index (χ3n) is 3.82. The third kappa shape index (κ3) is 3.34. The second-order valence-corrected chi connectivity index (χ2v) is 6.50. The smallest absolute Gasteiger partial charge is 0.277 e. The number of benzene rings is 1. The van der Waals surface area contributed by atoms with Crippen LogP contribution in [0.3, 0.4) is 0 Å². The first-order chi connectivity index (χ1) is 11.0. The number of hydrogen-bond donors (Lipinski definition) is 0. The molecule has 0 atom stereocenters. The number of nitro benzene ring substituents is 2. The van der Waals surface area contributed by atoms with Crippen molar-refractivity contribution >= 4 is 28.7 Å². The van der Waals surface area contributed by atoms with Crippen LogP contribution in [0, 0.1) is 31.6 Å². The zero-order valence-corrected chi connectivity index (χ0v) is 13.0. The van der Waals surface area contributed by atoms with Crippen molar-refractivity contribution in [3.05, 3.63) is 44.0 Å². The molecule has 0 radical (unpaired) electrons. The Balaban J connectivity index is 2.46. The Bertz CT molecular complexity index is 730. The predicted octanol–water partition coefficient (Wildman–Crippen LogP) is 2.26. The Morgan fingerprint density at radius 2 is 1.42 bits per heavy atom. The predicted molar refractivity (Wildman–Crippen MR) is 80.6 cm³/mol. The van der Waals surface area contributed by atoms with E-state index in [1.807, 2.05) is 0 Å². The molecule has 1 saturated carbocycles. The zero-order valence-electron chi connectivity index (χ0n) is 13.0. The fraction of sp³-hybridized carbons (Fsp3) is 0.400. The van der Waals surface area contributed by atoms with E-state index < -0.39 is 49.9 Å². The number of carbonyl (C=O) groups excluding carboxylic acids is 3. The van der Waals surface area contributed by atoms with Crippen LogP contribution in [0.5, 0.6) is 0 Å². The highest BCUT2D eigenvalue weighted by Crippen LogP contribution is 2.35. The van der Waals surface area contributed by atoms with Gasteiger partial charge in [-0.1, -0.05) is 13.8 Å². The third-order valence-corrected chi connectivity index (χ3v) is 3.82. The van der Waals surface area contributed by atoms with Crippen molar-refractivity contribution < 1.29 is 24.2 Å². The molecule has 1 aliphatic rings. The van der Waals surface area contributed by atoms with Crippen LogP contribution in [0.15, 0.2) is 18.2 Å². The van der Waals surface area contributed by atoms with Crippen molar-refractivity contribution in [2.45, 2.75) is 26.7 Å². The monoisotopic (exact) mass is 334 g/mol. The van der Waals surface area contributed by atoms with E-state index in [4.69, 9.17) is 0 Å². The van der Waals surface area contributed by atoms with E-state index in [0.29, 0.717) is 6.07 Å². The standard InChI is InChI=1S/C15H14N2O7/c1-15(2)6-11(18)13(12(19)7-15)14(20)8-3-9(16(21)22)5-10(4-8)17(23)24/h3-5,13H,6-7H2,1-2H3. The summed E-state index contributed by atoms with van der Waals surface area (Å²) in [5, 5.41) is 21.8. The van der Waals surface area contributed by atoms with E-state index in [9.17, 15) is 34.6 Å². The molecule has 1 fully saturated rings. The van der Waals surface area contributed by atoms with Gasteiger partial charge in [0.2, 0.25) is 0 Å². The molecule has 0 aromatic heterocycles. The first kappa shape index (κ1) is 17.4. The molecule has 0 unspecified atom stereocenters. The lowest BCUT2D eigenvalue weighted by molar-refractivity contribution is -0.394. The van der Waals surface area contributed by atoms with Gasteiger partial charge in [-0.05, 0) is 5.41 Å². The number of hydrogen-bond acceptors (Lipinski definition) is 7. The van der Waals surface area contributed by atoms with Gasteiger partial charge >= 0.3 is 0 Å². The Kier molecular flexibility index (Phi) is 4.28. The van der Waals surface area contributed by atoms with Crippen molar-refractivity contribution in [3.63, 3.8) is 0 Å². The Morgan fingerprint density at radius 1 is 1.00 bits per heavy atom. The quantitative estimate of drug-likeness (QED) is 0.356. The van der Waals surface area contributed by atoms with Crippen LogP contribution in [-0.4, -0.2) is 27.2 Å². The highest BCUT2D eigenvalue weighted by Gasteiger charge is 2.44. The minimum Gasteiger partial charge on any atom is -0.298 e. The minimum absolute atomic E-state index is 0.0200. The molecular formula is C15H14N2O7. The molecule has 1 aliphatic carbocycles. The van der Waals surface area contributed by atoms with E-state index in [1.165, 1.54) is 0 Å². The van der Waals surface area contributed by atoms with Crippen molar-refractivity contribution in [3.8, 4) is 0 Å². The molecule has 1 aromatic carbocycles. The van der Waals surface area contributed by atoms with E-state index in [1.54, 1.807) is 13.8 Å². The molecule has 9 nitrogen and oxygen atoms in total. The van der Waals surface area contributed by atoms with Gasteiger partial charge in [0.05, 0.1) is 15.9 Å². The molecule has 9 heteroatoms. The molecule has 126 valence electrons. The number of nitro groups is 2. The summed E-state index contributed by atoms with van der Waals surface area (Å²) in [5.41, 5.74) is -2.24. The SMILES string of the molecule is CC1(C)CC(=O)C(C(=O)c2cc([N+](=O)[O-])cc([N+](=O)[O-])c2)C(=O)C1. The molecule has 24 heavy (non-hydrogen) atoms. The molecular weight excluding hydrogens is 320 g/mol. The highest BCUT2D eigenvalue weighted by atomic mass is 16.6. The maximum absolute atomic E-state index is 12.5. The van der Waals surface area contributed by atoms with Crippen molar-refractivity contribution in [2.24, 2.45) is 11.3 Å². The first-order valence-electron chi connectivity index (χ1n) is 7.05. The van der Waals surface area contributed by atoms with Crippen LogP contribution in [-0.2, 0) is 9.59 Å². The second-order valence-electron chi connectivity index (χ2n) is 6.50. The van der Waals surface area contributed by atoms with Gasteiger partial charge in [0, 0.05) is 30.5 Å². The van der Waals surface area contributed by atoms with Crippen LogP contribution in [0.25, 0.3) is 0 Å². The molecule has 0 heterocycles. The normalized spacial score (nSPS) is 17.6. The fourth-order valence-electron chi connectivity index (χ4n) is 2.80. The number of carbonyl (C=O) groups is 3. The summed E-state index contributed by atoms with van der Waals surface area (Å²) >= 11 is 0. The van der Waals surface area contributed by atoms with E-state index >= 15 is 0 Å². The maximum atomic E-state index is 12.5. The number of non-ortho nitro benzene ring substituents is 2. The zero-order chi connectivity index (χ0) is 18.2. The molecule has 0 saturated heterocycles. The lowest BCUT2D eigenvalue weighted by atomic mass is 9.69. The van der Waals surface area contributed by atoms with Gasteiger partial charge in [-0.2, -0.15) is 0 Å². The fourth-order valence-corrected chi connectivity index (χ4v) is 2.80. The average molecular weight is 334 g/mol. The van der Waals surface area contributed by atoms with Gasteiger partial charge in [0.25, 0.3) is 11.4 Å². The van der Waals surface area contributed by atoms with Crippen LogP contribution in [0.2, 0.25) is 0 Å². The summed E-state index contributed by atoms with van der Waals surface area (Å²) in [7, 11) is 0. The summed E-state index contributed by atoms with van der Waals surface area (Å²) in [5.74, 6) is -3.64. The molecule has 0 spiro atoms. The lowest BCUT2D eigenvalue weighted by Crippen LogP contribution is -2.41. The van der Waals surface area contributed by atoms with Gasteiger partial charge < -0.3 is 0 Å². The summed E-state index contributed by atoms with van der Waals surface area (Å²) in [6.45, 7) is 3.45. The lowest BCUT2D eigenvalue weighted by Gasteiger charge is -2.31.